The fourth-order valence-electron chi connectivity index (χ4n) is 3.11. The third-order valence-electron chi connectivity index (χ3n) is 4.32. The molecule has 2 rings (SSSR count). The first-order chi connectivity index (χ1) is 10.1. The van der Waals surface area contributed by atoms with Gasteiger partial charge in [0.25, 0.3) is 0 Å². The topological polar surface area (TPSA) is 53.0 Å². The quantitative estimate of drug-likeness (QED) is 0.905. The molecule has 0 amide bonds. The summed E-state index contributed by atoms with van der Waals surface area (Å²) in [6.45, 7) is 3.74. The van der Waals surface area contributed by atoms with E-state index in [2.05, 4.69) is 11.8 Å². The summed E-state index contributed by atoms with van der Waals surface area (Å²) in [5.41, 5.74) is 7.03. The molecule has 1 aliphatic carbocycles. The molecular formula is C17H24FN3. The first-order valence-electron chi connectivity index (χ1n) is 7.82. The second-order valence-electron chi connectivity index (χ2n) is 5.96. The lowest BCUT2D eigenvalue weighted by Gasteiger charge is -2.36. The average Bonchev–Trinajstić information content (AvgIpc) is 2.49. The van der Waals surface area contributed by atoms with E-state index < -0.39 is 0 Å². The summed E-state index contributed by atoms with van der Waals surface area (Å²) < 4.78 is 14.1. The van der Waals surface area contributed by atoms with Crippen molar-refractivity contribution in [1.82, 2.24) is 4.90 Å². The van der Waals surface area contributed by atoms with Gasteiger partial charge < -0.3 is 5.73 Å². The Morgan fingerprint density at radius 1 is 1.33 bits per heavy atom. The van der Waals surface area contributed by atoms with Crippen LogP contribution in [0.25, 0.3) is 0 Å². The van der Waals surface area contributed by atoms with Crippen molar-refractivity contribution in [3.05, 3.63) is 35.1 Å². The number of nitriles is 1. The number of nitrogens with two attached hydrogens (primary N) is 1. The van der Waals surface area contributed by atoms with Crippen molar-refractivity contribution < 1.29 is 4.39 Å². The summed E-state index contributed by atoms with van der Waals surface area (Å²) >= 11 is 0. The van der Waals surface area contributed by atoms with Crippen molar-refractivity contribution in [3.63, 3.8) is 0 Å². The second-order valence-corrected chi connectivity index (χ2v) is 5.96. The molecule has 0 saturated heterocycles. The first kappa shape index (κ1) is 15.9. The van der Waals surface area contributed by atoms with E-state index in [0.29, 0.717) is 29.8 Å². The molecule has 3 nitrogen and oxygen atoms in total. The zero-order chi connectivity index (χ0) is 15.2. The van der Waals surface area contributed by atoms with Gasteiger partial charge in [-0.05, 0) is 50.8 Å². The molecule has 0 atom stereocenters. The zero-order valence-corrected chi connectivity index (χ0v) is 12.7. The molecule has 21 heavy (non-hydrogen) atoms. The molecule has 0 spiro atoms. The Labute approximate surface area is 126 Å². The number of halogens is 1. The van der Waals surface area contributed by atoms with Gasteiger partial charge in [-0.3, -0.25) is 4.90 Å². The number of benzene rings is 1. The van der Waals surface area contributed by atoms with Crippen LogP contribution in [-0.4, -0.2) is 23.5 Å². The van der Waals surface area contributed by atoms with Gasteiger partial charge >= 0.3 is 0 Å². The van der Waals surface area contributed by atoms with Crippen molar-refractivity contribution in [2.24, 2.45) is 5.73 Å². The number of nitrogens with zero attached hydrogens (tertiary/aromatic N) is 2. The van der Waals surface area contributed by atoms with Gasteiger partial charge in [-0.25, -0.2) is 4.39 Å². The van der Waals surface area contributed by atoms with Gasteiger partial charge in [-0.1, -0.05) is 13.0 Å². The monoisotopic (exact) mass is 289 g/mol. The molecule has 0 unspecified atom stereocenters. The number of rotatable bonds is 5. The first-order valence-corrected chi connectivity index (χ1v) is 7.82. The number of hydrogen-bond acceptors (Lipinski definition) is 3. The summed E-state index contributed by atoms with van der Waals surface area (Å²) in [4.78, 5) is 2.37. The molecule has 1 saturated carbocycles. The Hall–Kier alpha value is -1.44. The highest BCUT2D eigenvalue weighted by Gasteiger charge is 2.24. The van der Waals surface area contributed by atoms with Gasteiger partial charge in [-0.15, -0.1) is 0 Å². The van der Waals surface area contributed by atoms with E-state index in [-0.39, 0.29) is 5.82 Å². The molecule has 114 valence electrons. The Morgan fingerprint density at radius 3 is 2.62 bits per heavy atom. The Balaban J connectivity index is 2.07. The van der Waals surface area contributed by atoms with Crippen LogP contribution in [0.5, 0.6) is 0 Å². The van der Waals surface area contributed by atoms with E-state index >= 15 is 0 Å². The second kappa shape index (κ2) is 7.53. The molecule has 0 bridgehead atoms. The molecule has 0 heterocycles. The highest BCUT2D eigenvalue weighted by atomic mass is 19.1. The van der Waals surface area contributed by atoms with Crippen LogP contribution in [0.3, 0.4) is 0 Å². The lowest BCUT2D eigenvalue weighted by Crippen LogP contribution is -2.41. The minimum atomic E-state index is -0.275. The van der Waals surface area contributed by atoms with Crippen molar-refractivity contribution in [1.29, 1.82) is 5.26 Å². The van der Waals surface area contributed by atoms with Crippen LogP contribution in [-0.2, 0) is 6.54 Å². The van der Waals surface area contributed by atoms with Gasteiger partial charge in [0.2, 0.25) is 0 Å². The summed E-state index contributed by atoms with van der Waals surface area (Å²) in [6.07, 6.45) is 5.36. The summed E-state index contributed by atoms with van der Waals surface area (Å²) in [6, 6.07) is 7.57. The Morgan fingerprint density at radius 2 is 2.05 bits per heavy atom. The van der Waals surface area contributed by atoms with Crippen LogP contribution < -0.4 is 5.73 Å². The fraction of sp³-hybridized carbons (Fsp3) is 0.588. The lowest BCUT2D eigenvalue weighted by atomic mass is 9.90. The third kappa shape index (κ3) is 4.26. The maximum atomic E-state index is 14.1. The molecule has 1 aliphatic rings. The van der Waals surface area contributed by atoms with E-state index in [9.17, 15) is 4.39 Å². The van der Waals surface area contributed by atoms with E-state index in [1.165, 1.54) is 6.07 Å². The predicted octanol–water partition coefficient (Wildman–Crippen LogP) is 3.18. The van der Waals surface area contributed by atoms with Crippen LogP contribution in [0.1, 0.15) is 50.2 Å². The molecule has 0 aliphatic heterocycles. The minimum absolute atomic E-state index is 0.275. The third-order valence-corrected chi connectivity index (χ3v) is 4.32. The maximum absolute atomic E-state index is 14.1. The highest BCUT2D eigenvalue weighted by Crippen LogP contribution is 2.24. The standard InChI is InChI=1S/C17H24FN3/c1-2-9-21(16-7-5-15(20)6-8-16)12-14-4-3-13(11-19)10-17(14)18/h3-4,10,15-16H,2,5-9,12,20H2,1H3. The fourth-order valence-corrected chi connectivity index (χ4v) is 3.11. The van der Waals surface area contributed by atoms with Crippen molar-refractivity contribution in [3.8, 4) is 6.07 Å². The Kier molecular flexibility index (Phi) is 5.72. The van der Waals surface area contributed by atoms with Gasteiger partial charge in [0.05, 0.1) is 11.6 Å². The summed E-state index contributed by atoms with van der Waals surface area (Å²) in [5, 5.41) is 8.81. The number of hydrogen-bond donors (Lipinski definition) is 1. The van der Waals surface area contributed by atoms with Crippen molar-refractivity contribution >= 4 is 0 Å². The average molecular weight is 289 g/mol. The largest absolute Gasteiger partial charge is 0.328 e. The van der Waals surface area contributed by atoms with Gasteiger partial charge in [-0.2, -0.15) is 5.26 Å². The van der Waals surface area contributed by atoms with Crippen LogP contribution in [0.2, 0.25) is 0 Å². The van der Waals surface area contributed by atoms with E-state index in [0.717, 1.165) is 38.6 Å². The minimum Gasteiger partial charge on any atom is -0.328 e. The molecule has 4 heteroatoms. The summed E-state index contributed by atoms with van der Waals surface area (Å²) in [5.74, 6) is -0.275. The van der Waals surface area contributed by atoms with E-state index in [4.69, 9.17) is 11.0 Å². The molecule has 1 aromatic rings. The zero-order valence-electron chi connectivity index (χ0n) is 12.7. The highest BCUT2D eigenvalue weighted by molar-refractivity contribution is 5.32. The molecule has 1 fully saturated rings. The van der Waals surface area contributed by atoms with Crippen LogP contribution in [0, 0.1) is 17.1 Å². The van der Waals surface area contributed by atoms with E-state index in [1.54, 1.807) is 12.1 Å². The predicted molar refractivity (Wildman–Crippen MR) is 82.0 cm³/mol. The SMILES string of the molecule is CCCN(Cc1ccc(C#N)cc1F)C1CCC(N)CC1. The maximum Gasteiger partial charge on any atom is 0.129 e. The smallest absolute Gasteiger partial charge is 0.129 e. The molecule has 0 radical (unpaired) electrons. The molecule has 1 aromatic carbocycles. The molecule has 0 aromatic heterocycles. The molecule has 2 N–H and O–H groups in total. The normalized spacial score (nSPS) is 22.2. The van der Waals surface area contributed by atoms with Gasteiger partial charge in [0, 0.05) is 24.2 Å². The van der Waals surface area contributed by atoms with Crippen LogP contribution >= 0.6 is 0 Å². The van der Waals surface area contributed by atoms with Gasteiger partial charge in [0.1, 0.15) is 5.82 Å². The van der Waals surface area contributed by atoms with E-state index in [1.807, 2.05) is 6.07 Å². The van der Waals surface area contributed by atoms with Crippen molar-refractivity contribution in [2.75, 3.05) is 6.54 Å². The van der Waals surface area contributed by atoms with Crippen LogP contribution in [0.4, 0.5) is 4.39 Å². The molecular weight excluding hydrogens is 265 g/mol. The van der Waals surface area contributed by atoms with Crippen LogP contribution in [0.15, 0.2) is 18.2 Å². The van der Waals surface area contributed by atoms with Crippen molar-refractivity contribution in [2.45, 2.75) is 57.7 Å². The lowest BCUT2D eigenvalue weighted by molar-refractivity contribution is 0.140. The Bertz CT molecular complexity index is 501. The van der Waals surface area contributed by atoms with Gasteiger partial charge in [0.15, 0.2) is 0 Å². The summed E-state index contributed by atoms with van der Waals surface area (Å²) in [7, 11) is 0.